The van der Waals surface area contributed by atoms with Crippen LogP contribution in [-0.2, 0) is 9.53 Å². The maximum Gasteiger partial charge on any atom is 0.335 e. The van der Waals surface area contributed by atoms with Gasteiger partial charge in [0.2, 0.25) is 0 Å². The van der Waals surface area contributed by atoms with Crippen LogP contribution < -0.4 is 0 Å². The molecule has 0 aromatic heterocycles. The van der Waals surface area contributed by atoms with E-state index in [0.29, 0.717) is 5.57 Å². The van der Waals surface area contributed by atoms with Gasteiger partial charge in [0.1, 0.15) is 6.04 Å². The summed E-state index contributed by atoms with van der Waals surface area (Å²) in [7, 11) is 1.36. The van der Waals surface area contributed by atoms with Crippen molar-refractivity contribution in [2.75, 3.05) is 7.11 Å². The zero-order valence-electron chi connectivity index (χ0n) is 15.2. The fraction of sp³-hybridized carbons (Fsp3) is 0.0833. The maximum atomic E-state index is 12.2. The number of methoxy groups -OCH3 is 1. The lowest BCUT2D eigenvalue weighted by Gasteiger charge is -2.17. The Morgan fingerprint density at radius 2 is 1.26 bits per heavy atom. The molecule has 1 atom stereocenters. The molecule has 3 aromatic rings. The SMILES string of the molecule is C=C(C(=O)OC)[C@H](N=C(c1ccccc1)c1ccccc1)c1ccccc1. The van der Waals surface area contributed by atoms with Gasteiger partial charge in [-0.05, 0) is 5.56 Å². The number of carbonyl (C=O) groups is 1. The molecule has 3 rings (SSSR count). The molecule has 27 heavy (non-hydrogen) atoms. The number of benzene rings is 3. The van der Waals surface area contributed by atoms with Crippen LogP contribution in [0.4, 0.5) is 0 Å². The molecule has 0 heterocycles. The lowest BCUT2D eigenvalue weighted by atomic mass is 9.97. The maximum absolute atomic E-state index is 12.2. The molecule has 0 N–H and O–H groups in total. The molecule has 0 fully saturated rings. The first-order valence-corrected chi connectivity index (χ1v) is 8.71. The molecule has 0 saturated heterocycles. The van der Waals surface area contributed by atoms with Crippen molar-refractivity contribution < 1.29 is 9.53 Å². The highest BCUT2D eigenvalue weighted by Gasteiger charge is 2.22. The smallest absolute Gasteiger partial charge is 0.335 e. The number of aliphatic imine (C=N–C) groups is 1. The molecule has 3 aromatic carbocycles. The number of hydrogen-bond donors (Lipinski definition) is 0. The topological polar surface area (TPSA) is 38.7 Å². The van der Waals surface area contributed by atoms with Crippen LogP contribution in [0, 0.1) is 0 Å². The molecule has 0 radical (unpaired) electrons. The Morgan fingerprint density at radius 1 is 0.815 bits per heavy atom. The predicted octanol–water partition coefficient (Wildman–Crippen LogP) is 4.99. The van der Waals surface area contributed by atoms with Crippen molar-refractivity contribution in [1.29, 1.82) is 0 Å². The van der Waals surface area contributed by atoms with Gasteiger partial charge in [-0.2, -0.15) is 0 Å². The summed E-state index contributed by atoms with van der Waals surface area (Å²) in [6.45, 7) is 3.96. The summed E-state index contributed by atoms with van der Waals surface area (Å²) in [6, 6.07) is 29.0. The van der Waals surface area contributed by atoms with E-state index in [1.54, 1.807) is 0 Å². The van der Waals surface area contributed by atoms with E-state index in [0.717, 1.165) is 22.4 Å². The number of rotatable bonds is 6. The summed E-state index contributed by atoms with van der Waals surface area (Å²) in [6.07, 6.45) is 0. The number of esters is 1. The number of hydrogen-bond acceptors (Lipinski definition) is 3. The molecule has 0 saturated carbocycles. The Bertz CT molecular complexity index is 890. The first-order valence-electron chi connectivity index (χ1n) is 8.71. The summed E-state index contributed by atoms with van der Waals surface area (Å²) < 4.78 is 4.90. The van der Waals surface area contributed by atoms with E-state index in [-0.39, 0.29) is 0 Å². The van der Waals surface area contributed by atoms with Crippen molar-refractivity contribution >= 4 is 11.7 Å². The van der Waals surface area contributed by atoms with Gasteiger partial charge in [-0.15, -0.1) is 0 Å². The van der Waals surface area contributed by atoms with Crippen molar-refractivity contribution in [3.05, 3.63) is 120 Å². The fourth-order valence-electron chi connectivity index (χ4n) is 2.87. The van der Waals surface area contributed by atoms with E-state index in [9.17, 15) is 4.79 Å². The zero-order valence-corrected chi connectivity index (χ0v) is 15.2. The van der Waals surface area contributed by atoms with Crippen LogP contribution in [-0.4, -0.2) is 18.8 Å². The largest absolute Gasteiger partial charge is 0.466 e. The predicted molar refractivity (Wildman–Crippen MR) is 109 cm³/mol. The molecule has 134 valence electrons. The first-order chi connectivity index (χ1) is 13.2. The van der Waals surface area contributed by atoms with Crippen molar-refractivity contribution in [3.8, 4) is 0 Å². The van der Waals surface area contributed by atoms with Crippen LogP contribution in [0.2, 0.25) is 0 Å². The second-order valence-electron chi connectivity index (χ2n) is 6.04. The number of carbonyl (C=O) groups excluding carboxylic acids is 1. The Hall–Kier alpha value is -3.46. The first kappa shape index (κ1) is 18.3. The van der Waals surface area contributed by atoms with Gasteiger partial charge in [0.05, 0.1) is 18.4 Å². The summed E-state index contributed by atoms with van der Waals surface area (Å²) >= 11 is 0. The van der Waals surface area contributed by atoms with Crippen LogP contribution in [0.25, 0.3) is 0 Å². The monoisotopic (exact) mass is 355 g/mol. The quantitative estimate of drug-likeness (QED) is 0.355. The second-order valence-corrected chi connectivity index (χ2v) is 6.04. The summed E-state index contributed by atoms with van der Waals surface area (Å²) in [4.78, 5) is 17.2. The minimum Gasteiger partial charge on any atom is -0.466 e. The molecule has 0 spiro atoms. The van der Waals surface area contributed by atoms with Gasteiger partial charge < -0.3 is 4.74 Å². The van der Waals surface area contributed by atoms with E-state index in [4.69, 9.17) is 9.73 Å². The van der Waals surface area contributed by atoms with Crippen LogP contribution in [0.15, 0.2) is 108 Å². The third-order valence-corrected chi connectivity index (χ3v) is 4.25. The average Bonchev–Trinajstić information content (AvgIpc) is 2.75. The molecule has 3 nitrogen and oxygen atoms in total. The fourth-order valence-corrected chi connectivity index (χ4v) is 2.87. The molecular weight excluding hydrogens is 334 g/mol. The van der Waals surface area contributed by atoms with Gasteiger partial charge in [0.25, 0.3) is 0 Å². The lowest BCUT2D eigenvalue weighted by Crippen LogP contribution is -2.14. The third-order valence-electron chi connectivity index (χ3n) is 4.25. The number of ether oxygens (including phenoxy) is 1. The second kappa shape index (κ2) is 8.77. The summed E-state index contributed by atoms with van der Waals surface area (Å²) in [5.74, 6) is -0.465. The standard InChI is InChI=1S/C24H21NO2/c1-18(24(26)27-2)22(19-12-6-3-7-13-19)25-23(20-14-8-4-9-15-20)21-16-10-5-11-17-21/h3-17,22H,1H2,2H3/t22-/m0/s1. The van der Waals surface area contributed by atoms with Crippen LogP contribution in [0.3, 0.4) is 0 Å². The van der Waals surface area contributed by atoms with Gasteiger partial charge in [-0.1, -0.05) is 97.6 Å². The lowest BCUT2D eigenvalue weighted by molar-refractivity contribution is -0.136. The highest BCUT2D eigenvalue weighted by molar-refractivity contribution is 6.13. The highest BCUT2D eigenvalue weighted by atomic mass is 16.5. The molecule has 0 bridgehead atoms. The Kier molecular flexibility index (Phi) is 5.95. The zero-order chi connectivity index (χ0) is 19.1. The minimum absolute atomic E-state index is 0.299. The third kappa shape index (κ3) is 4.39. The molecule has 0 amide bonds. The van der Waals surface area contributed by atoms with Gasteiger partial charge in [0, 0.05) is 11.1 Å². The average molecular weight is 355 g/mol. The Labute approximate surface area is 159 Å². The molecule has 0 aliphatic rings. The van der Waals surface area contributed by atoms with E-state index >= 15 is 0 Å². The Morgan fingerprint density at radius 3 is 1.70 bits per heavy atom. The Balaban J connectivity index is 2.17. The van der Waals surface area contributed by atoms with Crippen molar-refractivity contribution in [1.82, 2.24) is 0 Å². The molecular formula is C24H21NO2. The highest BCUT2D eigenvalue weighted by Crippen LogP contribution is 2.28. The summed E-state index contributed by atoms with van der Waals surface area (Å²) in [5.41, 5.74) is 3.94. The summed E-state index contributed by atoms with van der Waals surface area (Å²) in [5, 5.41) is 0. The van der Waals surface area contributed by atoms with Crippen molar-refractivity contribution in [2.24, 2.45) is 4.99 Å². The van der Waals surface area contributed by atoms with E-state index < -0.39 is 12.0 Å². The van der Waals surface area contributed by atoms with Crippen LogP contribution >= 0.6 is 0 Å². The van der Waals surface area contributed by atoms with Crippen LogP contribution in [0.1, 0.15) is 22.7 Å². The molecule has 0 unspecified atom stereocenters. The van der Waals surface area contributed by atoms with Crippen molar-refractivity contribution in [2.45, 2.75) is 6.04 Å². The minimum atomic E-state index is -0.533. The van der Waals surface area contributed by atoms with Gasteiger partial charge >= 0.3 is 5.97 Å². The molecule has 3 heteroatoms. The molecule has 0 aliphatic heterocycles. The normalized spacial score (nSPS) is 11.3. The van der Waals surface area contributed by atoms with E-state index in [1.807, 2.05) is 91.0 Å². The number of nitrogens with zero attached hydrogens (tertiary/aromatic N) is 1. The van der Waals surface area contributed by atoms with E-state index in [2.05, 4.69) is 6.58 Å². The van der Waals surface area contributed by atoms with Gasteiger partial charge in [0.15, 0.2) is 0 Å². The van der Waals surface area contributed by atoms with Crippen molar-refractivity contribution in [3.63, 3.8) is 0 Å². The van der Waals surface area contributed by atoms with Gasteiger partial charge in [-0.3, -0.25) is 4.99 Å². The van der Waals surface area contributed by atoms with E-state index in [1.165, 1.54) is 7.11 Å². The van der Waals surface area contributed by atoms with Crippen LogP contribution in [0.5, 0.6) is 0 Å². The van der Waals surface area contributed by atoms with Gasteiger partial charge in [-0.25, -0.2) is 4.79 Å². The molecule has 0 aliphatic carbocycles.